The van der Waals surface area contributed by atoms with Crippen molar-refractivity contribution in [3.05, 3.63) is 69.0 Å². The molecule has 0 aliphatic rings. The summed E-state index contributed by atoms with van der Waals surface area (Å²) in [4.78, 5) is 9.99. The third-order valence-corrected chi connectivity index (χ3v) is 2.81. The largest absolute Gasteiger partial charge is 0.489 e. The van der Waals surface area contributed by atoms with Crippen molar-refractivity contribution in [1.82, 2.24) is 0 Å². The van der Waals surface area contributed by atoms with Crippen molar-refractivity contribution in [3.63, 3.8) is 0 Å². The molecular formula is C13H9ClFNO3. The van der Waals surface area contributed by atoms with Crippen LogP contribution in [0.5, 0.6) is 5.75 Å². The molecule has 0 aromatic heterocycles. The third-order valence-electron chi connectivity index (χ3n) is 2.46. The van der Waals surface area contributed by atoms with Crippen molar-refractivity contribution >= 4 is 17.3 Å². The summed E-state index contributed by atoms with van der Waals surface area (Å²) in [5.74, 6) is 0.0649. The maximum Gasteiger partial charge on any atom is 0.269 e. The van der Waals surface area contributed by atoms with Crippen molar-refractivity contribution in [2.24, 2.45) is 0 Å². The van der Waals surface area contributed by atoms with Crippen molar-refractivity contribution in [3.8, 4) is 5.75 Å². The van der Waals surface area contributed by atoms with Crippen LogP contribution in [0.25, 0.3) is 0 Å². The monoisotopic (exact) mass is 281 g/mol. The van der Waals surface area contributed by atoms with Crippen LogP contribution in [0.4, 0.5) is 10.1 Å². The second kappa shape index (κ2) is 5.67. The van der Waals surface area contributed by atoms with Gasteiger partial charge in [-0.1, -0.05) is 17.7 Å². The van der Waals surface area contributed by atoms with Crippen molar-refractivity contribution in [2.45, 2.75) is 6.61 Å². The van der Waals surface area contributed by atoms with Crippen LogP contribution in [0.1, 0.15) is 5.56 Å². The first-order chi connectivity index (χ1) is 9.06. The fourth-order valence-corrected chi connectivity index (χ4v) is 1.69. The average Bonchev–Trinajstić information content (AvgIpc) is 2.38. The summed E-state index contributed by atoms with van der Waals surface area (Å²) in [5, 5.41) is 10.8. The van der Waals surface area contributed by atoms with Gasteiger partial charge >= 0.3 is 0 Å². The smallest absolute Gasteiger partial charge is 0.269 e. The van der Waals surface area contributed by atoms with Gasteiger partial charge in [0.1, 0.15) is 18.2 Å². The van der Waals surface area contributed by atoms with Gasteiger partial charge in [0.15, 0.2) is 0 Å². The molecule has 0 amide bonds. The Hall–Kier alpha value is -2.14. The highest BCUT2D eigenvalue weighted by Gasteiger charge is 2.06. The Labute approximate surface area is 113 Å². The summed E-state index contributed by atoms with van der Waals surface area (Å²) >= 11 is 5.85. The molecule has 0 fully saturated rings. The van der Waals surface area contributed by atoms with Gasteiger partial charge in [0.05, 0.1) is 9.95 Å². The summed E-state index contributed by atoms with van der Waals surface area (Å²) in [6.07, 6.45) is 0. The second-order valence-corrected chi connectivity index (χ2v) is 4.18. The fourth-order valence-electron chi connectivity index (χ4n) is 1.46. The van der Waals surface area contributed by atoms with Crippen LogP contribution in [0.3, 0.4) is 0 Å². The molecule has 6 heteroatoms. The van der Waals surface area contributed by atoms with Crippen molar-refractivity contribution < 1.29 is 14.1 Å². The molecule has 0 N–H and O–H groups in total. The Balaban J connectivity index is 2.04. The SMILES string of the molecule is O=[N+]([O-])c1ccc(OCc2ccc(F)cc2Cl)cc1. The molecule has 2 aromatic carbocycles. The number of ether oxygens (including phenoxy) is 1. The first-order valence-corrected chi connectivity index (χ1v) is 5.75. The van der Waals surface area contributed by atoms with E-state index in [9.17, 15) is 14.5 Å². The quantitative estimate of drug-likeness (QED) is 0.629. The molecule has 0 saturated heterocycles. The van der Waals surface area contributed by atoms with Gasteiger partial charge in [-0.05, 0) is 24.3 Å². The summed E-state index contributed by atoms with van der Waals surface area (Å²) < 4.78 is 18.3. The lowest BCUT2D eigenvalue weighted by Gasteiger charge is -2.07. The van der Waals surface area contributed by atoms with Gasteiger partial charge in [0, 0.05) is 17.7 Å². The van der Waals surface area contributed by atoms with Gasteiger partial charge in [-0.2, -0.15) is 0 Å². The zero-order valence-corrected chi connectivity index (χ0v) is 10.4. The van der Waals surface area contributed by atoms with Gasteiger partial charge in [0.2, 0.25) is 0 Å². The van der Waals surface area contributed by atoms with Gasteiger partial charge in [-0.25, -0.2) is 4.39 Å². The maximum absolute atomic E-state index is 12.8. The minimum absolute atomic E-state index is 0.00726. The molecule has 98 valence electrons. The Morgan fingerprint density at radius 1 is 1.21 bits per heavy atom. The molecule has 0 heterocycles. The molecule has 0 spiro atoms. The summed E-state index contributed by atoms with van der Waals surface area (Å²) in [6, 6.07) is 9.72. The van der Waals surface area contributed by atoms with Gasteiger partial charge in [-0.15, -0.1) is 0 Å². The lowest BCUT2D eigenvalue weighted by molar-refractivity contribution is -0.384. The van der Waals surface area contributed by atoms with Gasteiger partial charge in [0.25, 0.3) is 5.69 Å². The number of halogens is 2. The normalized spacial score (nSPS) is 10.2. The highest BCUT2D eigenvalue weighted by atomic mass is 35.5. The highest BCUT2D eigenvalue weighted by Crippen LogP contribution is 2.21. The maximum atomic E-state index is 12.8. The van der Waals surface area contributed by atoms with Crippen LogP contribution in [-0.4, -0.2) is 4.92 Å². The topological polar surface area (TPSA) is 52.4 Å². The van der Waals surface area contributed by atoms with Crippen LogP contribution >= 0.6 is 11.6 Å². The Kier molecular flexibility index (Phi) is 3.97. The number of hydrogen-bond acceptors (Lipinski definition) is 3. The van der Waals surface area contributed by atoms with Crippen molar-refractivity contribution in [2.75, 3.05) is 0 Å². The summed E-state index contributed by atoms with van der Waals surface area (Å²) in [7, 11) is 0. The van der Waals surface area contributed by atoms with Crippen LogP contribution < -0.4 is 4.74 Å². The molecule has 0 unspecified atom stereocenters. The van der Waals surface area contributed by atoms with E-state index in [0.717, 1.165) is 0 Å². The number of benzene rings is 2. The molecule has 0 aliphatic carbocycles. The highest BCUT2D eigenvalue weighted by molar-refractivity contribution is 6.31. The first-order valence-electron chi connectivity index (χ1n) is 5.37. The first kappa shape index (κ1) is 13.3. The van der Waals surface area contributed by atoms with E-state index < -0.39 is 10.7 Å². The summed E-state index contributed by atoms with van der Waals surface area (Å²) in [5.41, 5.74) is 0.633. The third kappa shape index (κ3) is 3.42. The lowest BCUT2D eigenvalue weighted by atomic mass is 10.2. The molecule has 19 heavy (non-hydrogen) atoms. The van der Waals surface area contributed by atoms with Crippen LogP contribution in [0, 0.1) is 15.9 Å². The van der Waals surface area contributed by atoms with E-state index in [-0.39, 0.29) is 17.3 Å². The minimum atomic E-state index is -0.485. The Morgan fingerprint density at radius 3 is 2.47 bits per heavy atom. The predicted octanol–water partition coefficient (Wildman–Crippen LogP) is 3.97. The Bertz CT molecular complexity index is 601. The van der Waals surface area contributed by atoms with Crippen LogP contribution in [0.2, 0.25) is 5.02 Å². The van der Waals surface area contributed by atoms with E-state index in [1.807, 2.05) is 0 Å². The van der Waals surface area contributed by atoms with Crippen LogP contribution in [0.15, 0.2) is 42.5 Å². The zero-order chi connectivity index (χ0) is 13.8. The number of nitro groups is 1. The second-order valence-electron chi connectivity index (χ2n) is 3.78. The van der Waals surface area contributed by atoms with E-state index in [1.165, 1.54) is 42.5 Å². The van der Waals surface area contributed by atoms with Gasteiger partial charge in [-0.3, -0.25) is 10.1 Å². The molecule has 2 aromatic rings. The zero-order valence-electron chi connectivity index (χ0n) is 9.68. The van der Waals surface area contributed by atoms with E-state index >= 15 is 0 Å². The number of rotatable bonds is 4. The molecule has 0 saturated carbocycles. The summed E-state index contributed by atoms with van der Waals surface area (Å²) in [6.45, 7) is 0.164. The van der Waals surface area contributed by atoms with Gasteiger partial charge < -0.3 is 4.74 Å². The minimum Gasteiger partial charge on any atom is -0.489 e. The molecule has 0 aliphatic heterocycles. The predicted molar refractivity (Wildman–Crippen MR) is 68.8 cm³/mol. The molecule has 0 bridgehead atoms. The number of nitrogens with zero attached hydrogens (tertiary/aromatic N) is 1. The van der Waals surface area contributed by atoms with Crippen molar-refractivity contribution in [1.29, 1.82) is 0 Å². The number of hydrogen-bond donors (Lipinski definition) is 0. The molecule has 0 radical (unpaired) electrons. The standard InChI is InChI=1S/C13H9ClFNO3/c14-13-7-10(15)2-1-9(13)8-19-12-5-3-11(4-6-12)16(17)18/h1-7H,8H2. The molecular weight excluding hydrogens is 273 g/mol. The average molecular weight is 282 g/mol. The van der Waals surface area contributed by atoms with E-state index in [2.05, 4.69) is 0 Å². The molecule has 0 atom stereocenters. The van der Waals surface area contributed by atoms with E-state index in [1.54, 1.807) is 0 Å². The molecule has 2 rings (SSSR count). The van der Waals surface area contributed by atoms with E-state index in [4.69, 9.17) is 16.3 Å². The number of non-ortho nitro benzene ring substituents is 1. The number of nitro benzene ring substituents is 1. The molecule has 4 nitrogen and oxygen atoms in total. The Morgan fingerprint density at radius 2 is 1.89 bits per heavy atom. The van der Waals surface area contributed by atoms with Crippen LogP contribution in [-0.2, 0) is 6.61 Å². The fraction of sp³-hybridized carbons (Fsp3) is 0.0769. The lowest BCUT2D eigenvalue weighted by Crippen LogP contribution is -1.97. The van der Waals surface area contributed by atoms with E-state index in [0.29, 0.717) is 11.3 Å².